The van der Waals surface area contributed by atoms with Crippen LogP contribution in [0.15, 0.2) is 73.2 Å². The lowest BCUT2D eigenvalue weighted by atomic mass is 9.70. The van der Waals surface area contributed by atoms with E-state index < -0.39 is 0 Å². The second kappa shape index (κ2) is 11.8. The number of imidazole rings is 1. The highest BCUT2D eigenvalue weighted by Gasteiger charge is 2.36. The summed E-state index contributed by atoms with van der Waals surface area (Å²) in [6.07, 6.45) is 11.1. The van der Waals surface area contributed by atoms with Gasteiger partial charge in [0, 0.05) is 43.9 Å². The highest BCUT2D eigenvalue weighted by Crippen LogP contribution is 2.41. The molecule has 3 aromatic rings. The van der Waals surface area contributed by atoms with Crippen molar-refractivity contribution < 1.29 is 9.59 Å². The van der Waals surface area contributed by atoms with Crippen LogP contribution < -0.4 is 5.73 Å². The monoisotopic (exact) mass is 498 g/mol. The molecule has 0 spiro atoms. The average Bonchev–Trinajstić information content (AvgIpc) is 3.46. The van der Waals surface area contributed by atoms with Crippen LogP contribution in [0.2, 0.25) is 0 Å². The zero-order valence-electron chi connectivity index (χ0n) is 21.5. The van der Waals surface area contributed by atoms with Crippen LogP contribution in [0.3, 0.4) is 0 Å². The van der Waals surface area contributed by atoms with Crippen LogP contribution in [-0.2, 0) is 29.1 Å². The minimum atomic E-state index is -0.208. The van der Waals surface area contributed by atoms with E-state index in [0.717, 1.165) is 45.1 Å². The van der Waals surface area contributed by atoms with Gasteiger partial charge in [0.05, 0.1) is 6.33 Å². The molecule has 2 aromatic carbocycles. The van der Waals surface area contributed by atoms with Crippen molar-refractivity contribution in [1.29, 1.82) is 0 Å². The van der Waals surface area contributed by atoms with Crippen LogP contribution >= 0.6 is 0 Å². The Bertz CT molecular complexity index is 1180. The maximum absolute atomic E-state index is 12.8. The Balaban J connectivity index is 1.27. The summed E-state index contributed by atoms with van der Waals surface area (Å²) in [5.41, 5.74) is 9.33. The van der Waals surface area contributed by atoms with E-state index >= 15 is 0 Å². The molecule has 2 unspecified atom stereocenters. The van der Waals surface area contributed by atoms with Crippen LogP contribution in [0.1, 0.15) is 61.8 Å². The molecule has 6 heteroatoms. The van der Waals surface area contributed by atoms with Gasteiger partial charge in [0.2, 0.25) is 11.8 Å². The van der Waals surface area contributed by atoms with Crippen molar-refractivity contribution >= 4 is 11.8 Å². The summed E-state index contributed by atoms with van der Waals surface area (Å²) in [6, 6.07) is 21.0. The number of primary amides is 1. The first-order valence-electron chi connectivity index (χ1n) is 13.7. The van der Waals surface area contributed by atoms with E-state index in [4.69, 9.17) is 5.73 Å². The van der Waals surface area contributed by atoms with Crippen molar-refractivity contribution in [2.75, 3.05) is 0 Å². The molecule has 0 bridgehead atoms. The fourth-order valence-electron chi connectivity index (χ4n) is 6.67. The molecule has 2 heterocycles. The zero-order chi connectivity index (χ0) is 25.6. The van der Waals surface area contributed by atoms with Crippen molar-refractivity contribution in [3.63, 3.8) is 0 Å². The molecule has 4 atom stereocenters. The minimum absolute atomic E-state index is 0.208. The predicted molar refractivity (Wildman–Crippen MR) is 144 cm³/mol. The molecule has 1 aliphatic heterocycles. The Morgan fingerprint density at radius 1 is 0.892 bits per heavy atom. The molecule has 6 nitrogen and oxygen atoms in total. The number of aromatic nitrogens is 2. The topological polar surface area (TPSA) is 81.2 Å². The number of benzene rings is 2. The lowest BCUT2D eigenvalue weighted by molar-refractivity contribution is -0.129. The van der Waals surface area contributed by atoms with Crippen LogP contribution in [0.25, 0.3) is 0 Å². The molecular formula is C31H38N4O2. The second-order valence-corrected chi connectivity index (χ2v) is 11.1. The first-order valence-corrected chi connectivity index (χ1v) is 13.7. The Morgan fingerprint density at radius 2 is 1.54 bits per heavy atom. The summed E-state index contributed by atoms with van der Waals surface area (Å²) in [4.78, 5) is 31.2. The Morgan fingerprint density at radius 3 is 2.24 bits per heavy atom. The number of hydrogen-bond donors (Lipinski definition) is 1. The first kappa shape index (κ1) is 25.2. The molecule has 0 radical (unpaired) electrons. The van der Waals surface area contributed by atoms with Gasteiger partial charge in [0.15, 0.2) is 0 Å². The number of carbonyl (C=O) groups is 2. The molecule has 1 saturated carbocycles. The largest absolute Gasteiger partial charge is 0.370 e. The summed E-state index contributed by atoms with van der Waals surface area (Å²) in [5, 5.41) is 0. The minimum Gasteiger partial charge on any atom is -0.370 e. The molecule has 2 amide bonds. The van der Waals surface area contributed by atoms with E-state index in [0.29, 0.717) is 37.1 Å². The van der Waals surface area contributed by atoms with Gasteiger partial charge in [0.1, 0.15) is 0 Å². The highest BCUT2D eigenvalue weighted by atomic mass is 16.2. The van der Waals surface area contributed by atoms with Crippen LogP contribution in [-0.4, -0.2) is 32.3 Å². The number of nitrogens with zero attached hydrogens (tertiary/aromatic N) is 3. The van der Waals surface area contributed by atoms with E-state index in [1.165, 1.54) is 16.8 Å². The van der Waals surface area contributed by atoms with Crippen LogP contribution in [0.4, 0.5) is 0 Å². The van der Waals surface area contributed by atoms with E-state index in [9.17, 15) is 9.59 Å². The number of carbonyl (C=O) groups excluding carboxylic acids is 2. The van der Waals surface area contributed by atoms with Gasteiger partial charge in [0.25, 0.3) is 0 Å². The number of rotatable bonds is 10. The van der Waals surface area contributed by atoms with Gasteiger partial charge in [-0.2, -0.15) is 0 Å². The fraction of sp³-hybridized carbons (Fsp3) is 0.452. The molecule has 2 fully saturated rings. The fourth-order valence-corrected chi connectivity index (χ4v) is 6.67. The first-order chi connectivity index (χ1) is 18.0. The van der Waals surface area contributed by atoms with Gasteiger partial charge in [-0.25, -0.2) is 4.98 Å². The molecule has 194 valence electrons. The van der Waals surface area contributed by atoms with Crippen LogP contribution in [0.5, 0.6) is 0 Å². The maximum Gasteiger partial charge on any atom is 0.223 e. The van der Waals surface area contributed by atoms with Crippen molar-refractivity contribution in [2.24, 2.45) is 23.5 Å². The van der Waals surface area contributed by atoms with Gasteiger partial charge in [-0.3, -0.25) is 9.59 Å². The summed E-state index contributed by atoms with van der Waals surface area (Å²) in [7, 11) is 0. The van der Waals surface area contributed by atoms with Crippen molar-refractivity contribution in [3.05, 3.63) is 90.0 Å². The summed E-state index contributed by atoms with van der Waals surface area (Å²) < 4.78 is 2.25. The summed E-state index contributed by atoms with van der Waals surface area (Å²) >= 11 is 0. The molecule has 1 aliphatic carbocycles. The third kappa shape index (κ3) is 6.68. The summed E-state index contributed by atoms with van der Waals surface area (Å²) in [5.74, 6) is 1.34. The predicted octanol–water partition coefficient (Wildman–Crippen LogP) is 4.96. The van der Waals surface area contributed by atoms with E-state index in [1.807, 2.05) is 36.8 Å². The second-order valence-electron chi connectivity index (χ2n) is 11.1. The van der Waals surface area contributed by atoms with E-state index in [1.54, 1.807) is 0 Å². The lowest BCUT2D eigenvalue weighted by Gasteiger charge is -2.37. The third-order valence-electron chi connectivity index (χ3n) is 8.24. The Labute approximate surface area is 219 Å². The van der Waals surface area contributed by atoms with Gasteiger partial charge < -0.3 is 15.2 Å². The van der Waals surface area contributed by atoms with Crippen LogP contribution in [0, 0.1) is 17.8 Å². The Hall–Kier alpha value is -3.41. The molecule has 5 rings (SSSR count). The molecule has 1 saturated heterocycles. The van der Waals surface area contributed by atoms with E-state index in [2.05, 4.69) is 50.8 Å². The standard InChI is InChI=1S/C31H38N4O2/c32-30(36)18-27-14-25(16-28-11-12-31(37)35(28)21-24-9-5-2-6-10-24)13-26(15-27)17-29-19-33-22-34(29)20-23-7-3-1-4-8-23/h1-10,19,22,25-28H,11-18,20-21H2,(H2,32,36)/t25?,26?,27-,28-/m0/s1. The van der Waals surface area contributed by atoms with E-state index in [-0.39, 0.29) is 17.9 Å². The quantitative estimate of drug-likeness (QED) is 0.429. The number of amides is 2. The molecular weight excluding hydrogens is 460 g/mol. The van der Waals surface area contributed by atoms with Gasteiger partial charge in [-0.05, 0) is 67.4 Å². The third-order valence-corrected chi connectivity index (χ3v) is 8.24. The van der Waals surface area contributed by atoms with Crippen molar-refractivity contribution in [3.8, 4) is 0 Å². The zero-order valence-corrected chi connectivity index (χ0v) is 21.5. The molecule has 1 aromatic heterocycles. The van der Waals surface area contributed by atoms with Gasteiger partial charge in [-0.1, -0.05) is 60.7 Å². The normalized spacial score (nSPS) is 23.9. The van der Waals surface area contributed by atoms with Gasteiger partial charge >= 0.3 is 0 Å². The molecule has 2 aliphatic rings. The molecule has 37 heavy (non-hydrogen) atoms. The average molecular weight is 499 g/mol. The number of hydrogen-bond acceptors (Lipinski definition) is 3. The lowest BCUT2D eigenvalue weighted by Crippen LogP contribution is -2.36. The number of likely N-dealkylation sites (tertiary alicyclic amines) is 1. The smallest absolute Gasteiger partial charge is 0.223 e. The maximum atomic E-state index is 12.8. The molecule has 2 N–H and O–H groups in total. The van der Waals surface area contributed by atoms with Crippen molar-refractivity contribution in [2.45, 2.75) is 70.5 Å². The summed E-state index contributed by atoms with van der Waals surface area (Å²) in [6.45, 7) is 1.50. The highest BCUT2D eigenvalue weighted by molar-refractivity contribution is 5.78. The van der Waals surface area contributed by atoms with Crippen molar-refractivity contribution in [1.82, 2.24) is 14.5 Å². The SMILES string of the molecule is NC(=O)C[C@@H]1CC(Cc2cncn2Cc2ccccc2)CC(C[C@@H]2CCC(=O)N2Cc2ccccc2)C1. The number of nitrogens with two attached hydrogens (primary N) is 1. The van der Waals surface area contributed by atoms with Gasteiger partial charge in [-0.15, -0.1) is 0 Å². The Kier molecular flexibility index (Phi) is 8.02.